The summed E-state index contributed by atoms with van der Waals surface area (Å²) in [7, 11) is 0. The first kappa shape index (κ1) is 15.0. The number of rotatable bonds is 5. The zero-order valence-corrected chi connectivity index (χ0v) is 12.3. The minimum atomic E-state index is 0.683. The molecule has 2 nitrogen and oxygen atoms in total. The van der Waals surface area contributed by atoms with Gasteiger partial charge in [-0.05, 0) is 45.7 Å². The average molecular weight is 240 g/mol. The normalized spacial score (nSPS) is 29.6. The molecule has 1 fully saturated rings. The molecule has 1 N–H and O–H groups in total. The quantitative estimate of drug-likeness (QED) is 0.742. The Morgan fingerprint density at radius 3 is 2.76 bits per heavy atom. The van der Waals surface area contributed by atoms with Crippen LogP contribution in [0.4, 0.5) is 0 Å². The highest BCUT2D eigenvalue weighted by Crippen LogP contribution is 2.14. The number of hydrogen-bond donors (Lipinski definition) is 1. The monoisotopic (exact) mass is 240 g/mol. The summed E-state index contributed by atoms with van der Waals surface area (Å²) in [6.07, 6.45) is 6.80. The van der Waals surface area contributed by atoms with Gasteiger partial charge in [-0.3, -0.25) is 0 Å². The van der Waals surface area contributed by atoms with Crippen molar-refractivity contribution < 1.29 is 0 Å². The number of unbranched alkanes of at least 4 members (excludes halogenated alkanes) is 2. The zero-order chi connectivity index (χ0) is 12.7. The van der Waals surface area contributed by atoms with Gasteiger partial charge in [-0.1, -0.05) is 33.1 Å². The van der Waals surface area contributed by atoms with Gasteiger partial charge in [0, 0.05) is 18.6 Å². The minimum absolute atomic E-state index is 0.683. The van der Waals surface area contributed by atoms with Gasteiger partial charge in [0.25, 0.3) is 0 Å². The van der Waals surface area contributed by atoms with Gasteiger partial charge >= 0.3 is 0 Å². The van der Waals surface area contributed by atoms with Crippen molar-refractivity contribution in [3.63, 3.8) is 0 Å². The van der Waals surface area contributed by atoms with Crippen LogP contribution in [0.2, 0.25) is 0 Å². The van der Waals surface area contributed by atoms with Crippen molar-refractivity contribution >= 4 is 0 Å². The maximum Gasteiger partial charge on any atom is 0.00670 e. The molecule has 1 aliphatic heterocycles. The number of nitrogens with zero attached hydrogens (tertiary/aromatic N) is 1. The molecule has 1 aliphatic rings. The van der Waals surface area contributed by atoms with Crippen LogP contribution in [0.1, 0.15) is 59.8 Å². The van der Waals surface area contributed by atoms with E-state index in [9.17, 15) is 0 Å². The molecule has 3 unspecified atom stereocenters. The number of nitrogens with one attached hydrogen (secondary N) is 1. The molecule has 1 saturated heterocycles. The molecular formula is C15H32N2. The van der Waals surface area contributed by atoms with Crippen LogP contribution in [0, 0.1) is 5.92 Å². The minimum Gasteiger partial charge on any atom is -0.314 e. The highest BCUT2D eigenvalue weighted by molar-refractivity contribution is 4.77. The highest BCUT2D eigenvalue weighted by atomic mass is 15.2. The summed E-state index contributed by atoms with van der Waals surface area (Å²) in [6, 6.07) is 1.46. The van der Waals surface area contributed by atoms with Crippen LogP contribution in [0.3, 0.4) is 0 Å². The average Bonchev–Trinajstić information content (AvgIpc) is 2.29. The summed E-state index contributed by atoms with van der Waals surface area (Å²) < 4.78 is 0. The topological polar surface area (TPSA) is 15.3 Å². The first-order valence-electron chi connectivity index (χ1n) is 7.61. The van der Waals surface area contributed by atoms with Crippen LogP contribution < -0.4 is 5.32 Å². The Balaban J connectivity index is 2.37. The third-order valence-corrected chi connectivity index (χ3v) is 4.06. The lowest BCUT2D eigenvalue weighted by atomic mass is 10.0. The van der Waals surface area contributed by atoms with E-state index in [1.807, 2.05) is 0 Å². The van der Waals surface area contributed by atoms with Crippen molar-refractivity contribution in [3.05, 3.63) is 0 Å². The molecule has 0 bridgehead atoms. The molecule has 0 aromatic rings. The Bertz CT molecular complexity index is 193. The second-order valence-corrected chi connectivity index (χ2v) is 6.04. The molecule has 102 valence electrons. The first-order chi connectivity index (χ1) is 8.13. The summed E-state index contributed by atoms with van der Waals surface area (Å²) in [5, 5.41) is 3.62. The third-order valence-electron chi connectivity index (χ3n) is 4.06. The molecule has 0 aliphatic carbocycles. The maximum absolute atomic E-state index is 3.62. The van der Waals surface area contributed by atoms with Gasteiger partial charge in [-0.25, -0.2) is 0 Å². The second kappa shape index (κ2) is 8.10. The molecule has 1 heterocycles. The predicted molar refractivity (Wildman–Crippen MR) is 76.4 cm³/mol. The van der Waals surface area contributed by atoms with Gasteiger partial charge in [0.1, 0.15) is 0 Å². The first-order valence-corrected chi connectivity index (χ1v) is 7.61. The fourth-order valence-corrected chi connectivity index (χ4v) is 2.69. The van der Waals surface area contributed by atoms with Crippen LogP contribution in [-0.4, -0.2) is 36.6 Å². The number of hydrogen-bond acceptors (Lipinski definition) is 2. The van der Waals surface area contributed by atoms with Crippen LogP contribution in [0.25, 0.3) is 0 Å². The van der Waals surface area contributed by atoms with E-state index in [1.54, 1.807) is 0 Å². The Labute approximate surface area is 108 Å². The van der Waals surface area contributed by atoms with Gasteiger partial charge in [0.05, 0.1) is 0 Å². The standard InChI is InChI=1S/C15H32N2/c1-5-6-7-8-15(4)17-10-9-14(3)16-11-13(2)12-17/h13-16H,5-12H2,1-4H3. The molecule has 0 aromatic heterocycles. The van der Waals surface area contributed by atoms with Gasteiger partial charge in [-0.2, -0.15) is 0 Å². The van der Waals surface area contributed by atoms with Crippen molar-refractivity contribution in [2.45, 2.75) is 71.9 Å². The Morgan fingerprint density at radius 1 is 1.29 bits per heavy atom. The van der Waals surface area contributed by atoms with Crippen LogP contribution in [0.5, 0.6) is 0 Å². The van der Waals surface area contributed by atoms with Crippen molar-refractivity contribution in [1.29, 1.82) is 0 Å². The molecule has 2 heteroatoms. The summed E-state index contributed by atoms with van der Waals surface area (Å²) in [5.74, 6) is 0.784. The van der Waals surface area contributed by atoms with Crippen molar-refractivity contribution in [2.75, 3.05) is 19.6 Å². The van der Waals surface area contributed by atoms with E-state index in [4.69, 9.17) is 0 Å². The Kier molecular flexibility index (Phi) is 7.14. The lowest BCUT2D eigenvalue weighted by molar-refractivity contribution is 0.148. The lowest BCUT2D eigenvalue weighted by Gasteiger charge is -2.35. The van der Waals surface area contributed by atoms with Crippen molar-refractivity contribution in [1.82, 2.24) is 10.2 Å². The van der Waals surface area contributed by atoms with Gasteiger partial charge in [-0.15, -0.1) is 0 Å². The molecule has 0 aromatic carbocycles. The second-order valence-electron chi connectivity index (χ2n) is 6.04. The lowest BCUT2D eigenvalue weighted by Crippen LogP contribution is -2.45. The molecule has 0 spiro atoms. The maximum atomic E-state index is 3.62. The van der Waals surface area contributed by atoms with E-state index in [0.717, 1.165) is 12.0 Å². The van der Waals surface area contributed by atoms with Gasteiger partial charge in [0.15, 0.2) is 0 Å². The Hall–Kier alpha value is -0.0800. The molecule has 17 heavy (non-hydrogen) atoms. The van der Waals surface area contributed by atoms with E-state index in [0.29, 0.717) is 6.04 Å². The third kappa shape index (κ3) is 5.87. The van der Waals surface area contributed by atoms with Gasteiger partial charge < -0.3 is 10.2 Å². The highest BCUT2D eigenvalue weighted by Gasteiger charge is 2.19. The molecular weight excluding hydrogens is 208 g/mol. The summed E-state index contributed by atoms with van der Waals surface area (Å²) in [5.41, 5.74) is 0. The van der Waals surface area contributed by atoms with Crippen LogP contribution in [0.15, 0.2) is 0 Å². The van der Waals surface area contributed by atoms with E-state index < -0.39 is 0 Å². The fourth-order valence-electron chi connectivity index (χ4n) is 2.69. The molecule has 3 atom stereocenters. The van der Waals surface area contributed by atoms with E-state index >= 15 is 0 Å². The van der Waals surface area contributed by atoms with Crippen molar-refractivity contribution in [3.8, 4) is 0 Å². The molecule has 0 amide bonds. The van der Waals surface area contributed by atoms with E-state index in [1.165, 1.54) is 51.7 Å². The van der Waals surface area contributed by atoms with Crippen LogP contribution >= 0.6 is 0 Å². The smallest absolute Gasteiger partial charge is 0.00670 e. The molecule has 0 radical (unpaired) electrons. The zero-order valence-electron chi connectivity index (χ0n) is 12.3. The molecule has 0 saturated carbocycles. The fraction of sp³-hybridized carbons (Fsp3) is 1.00. The largest absolute Gasteiger partial charge is 0.314 e. The predicted octanol–water partition coefficient (Wildman–Crippen LogP) is 3.28. The van der Waals surface area contributed by atoms with Crippen LogP contribution in [-0.2, 0) is 0 Å². The summed E-state index contributed by atoms with van der Waals surface area (Å²) in [6.45, 7) is 13.1. The SMILES string of the molecule is CCCCCC(C)N1CCC(C)NCC(C)C1. The Morgan fingerprint density at radius 2 is 2.06 bits per heavy atom. The molecule has 1 rings (SSSR count). The summed E-state index contributed by atoms with van der Waals surface area (Å²) >= 11 is 0. The van der Waals surface area contributed by atoms with E-state index in [2.05, 4.69) is 37.9 Å². The summed E-state index contributed by atoms with van der Waals surface area (Å²) in [4.78, 5) is 2.72. The van der Waals surface area contributed by atoms with E-state index in [-0.39, 0.29) is 0 Å². The van der Waals surface area contributed by atoms with Gasteiger partial charge in [0.2, 0.25) is 0 Å². The van der Waals surface area contributed by atoms with Crippen molar-refractivity contribution in [2.24, 2.45) is 5.92 Å².